The standard InChI is InChI=1S/C20H17ClF2N4S2/c1-2-29-16-11-12(22)10-14(13-4-3-5-15(23)18(13)21)19(16)26-20(27-29)25-7-6-17-24-8-9-28-17/h2-5,8-11H,6-7H2,1H3,(H2,25,26,27). The molecule has 2 heterocycles. The lowest BCUT2D eigenvalue weighted by Gasteiger charge is -2.27. The number of fused-ring (bicyclic) bond motifs is 1. The molecule has 1 aromatic heterocycles. The smallest absolute Gasteiger partial charge is 0.205 e. The first-order valence-electron chi connectivity index (χ1n) is 8.84. The van der Waals surface area contributed by atoms with Crippen LogP contribution in [0.25, 0.3) is 11.1 Å². The molecule has 1 atom stereocenters. The maximum Gasteiger partial charge on any atom is 0.205 e. The Kier molecular flexibility index (Phi) is 5.94. The van der Waals surface area contributed by atoms with Crippen LogP contribution in [-0.4, -0.2) is 22.9 Å². The van der Waals surface area contributed by atoms with Crippen molar-refractivity contribution in [2.45, 2.75) is 18.2 Å². The molecule has 0 radical (unpaired) electrons. The number of halogens is 3. The number of benzene rings is 2. The van der Waals surface area contributed by atoms with E-state index in [1.54, 1.807) is 29.7 Å². The number of nitrogens with one attached hydrogen (secondary N) is 2. The zero-order valence-corrected chi connectivity index (χ0v) is 17.8. The Morgan fingerprint density at radius 1 is 1.28 bits per heavy atom. The summed E-state index contributed by atoms with van der Waals surface area (Å²) in [5.41, 5.74) is 1.60. The first-order chi connectivity index (χ1) is 14.1. The van der Waals surface area contributed by atoms with Gasteiger partial charge in [0, 0.05) is 40.6 Å². The maximum atomic E-state index is 14.4. The van der Waals surface area contributed by atoms with Crippen molar-refractivity contribution in [1.29, 1.82) is 0 Å². The largest absolute Gasteiger partial charge is 0.324 e. The van der Waals surface area contributed by atoms with Gasteiger partial charge in [-0.15, -0.1) is 11.3 Å². The van der Waals surface area contributed by atoms with Gasteiger partial charge >= 0.3 is 0 Å². The lowest BCUT2D eigenvalue weighted by Crippen LogP contribution is -2.32. The van der Waals surface area contributed by atoms with Gasteiger partial charge in [0.05, 0.1) is 15.7 Å². The van der Waals surface area contributed by atoms with Gasteiger partial charge in [0.15, 0.2) is 0 Å². The number of guanidine groups is 1. The predicted molar refractivity (Wildman–Crippen MR) is 119 cm³/mol. The van der Waals surface area contributed by atoms with Crippen LogP contribution >= 0.6 is 33.6 Å². The summed E-state index contributed by atoms with van der Waals surface area (Å²) >= 11 is 7.78. The van der Waals surface area contributed by atoms with Crippen LogP contribution in [0.2, 0.25) is 5.02 Å². The summed E-state index contributed by atoms with van der Waals surface area (Å²) < 4.78 is 31.7. The van der Waals surface area contributed by atoms with Crippen molar-refractivity contribution in [3.8, 4) is 11.1 Å². The zero-order chi connectivity index (χ0) is 20.4. The molecule has 1 aliphatic rings. The van der Waals surface area contributed by atoms with Gasteiger partial charge in [-0.3, -0.25) is 4.99 Å². The molecule has 1 aliphatic heterocycles. The van der Waals surface area contributed by atoms with Crippen molar-refractivity contribution >= 4 is 50.6 Å². The molecular weight excluding hydrogens is 434 g/mol. The maximum absolute atomic E-state index is 14.4. The molecule has 0 saturated carbocycles. The molecule has 2 N–H and O–H groups in total. The summed E-state index contributed by atoms with van der Waals surface area (Å²) in [5, 5.41) is 8.10. The number of thiazole rings is 1. The first-order valence-corrected chi connectivity index (χ1v) is 11.4. The van der Waals surface area contributed by atoms with Crippen LogP contribution in [0.3, 0.4) is 0 Å². The summed E-state index contributed by atoms with van der Waals surface area (Å²) in [6.07, 6.45) is 2.50. The minimum absolute atomic E-state index is 0.0387. The molecule has 0 spiro atoms. The van der Waals surface area contributed by atoms with Gasteiger partial charge < -0.3 is 10.0 Å². The van der Waals surface area contributed by atoms with Gasteiger partial charge in [-0.05, 0) is 30.5 Å². The average molecular weight is 451 g/mol. The highest BCUT2D eigenvalue weighted by Crippen LogP contribution is 2.43. The monoisotopic (exact) mass is 450 g/mol. The number of hydrogen-bond donors (Lipinski definition) is 2. The summed E-state index contributed by atoms with van der Waals surface area (Å²) in [4.78, 5) is 9.60. The minimum Gasteiger partial charge on any atom is -0.324 e. The van der Waals surface area contributed by atoms with Crippen LogP contribution in [0.1, 0.15) is 11.9 Å². The summed E-state index contributed by atoms with van der Waals surface area (Å²) in [7, 11) is -0.561. The van der Waals surface area contributed by atoms with E-state index in [4.69, 9.17) is 11.6 Å². The zero-order valence-electron chi connectivity index (χ0n) is 15.4. The summed E-state index contributed by atoms with van der Waals surface area (Å²) in [6, 6.07) is 7.35. The molecule has 2 aromatic carbocycles. The second-order valence-electron chi connectivity index (χ2n) is 6.13. The molecule has 4 rings (SSSR count). The van der Waals surface area contributed by atoms with E-state index in [2.05, 4.69) is 20.0 Å². The second-order valence-corrected chi connectivity index (χ2v) is 9.28. The van der Waals surface area contributed by atoms with Crippen molar-refractivity contribution in [3.05, 3.63) is 63.6 Å². The van der Waals surface area contributed by atoms with Crippen molar-refractivity contribution in [2.24, 2.45) is 4.99 Å². The Labute approximate surface area is 178 Å². The number of nitrogens with zero attached hydrogens (tertiary/aromatic N) is 2. The molecule has 0 amide bonds. The number of aromatic nitrogens is 1. The first kappa shape index (κ1) is 20.0. The van der Waals surface area contributed by atoms with E-state index in [0.29, 0.717) is 29.3 Å². The number of anilines is 1. The summed E-state index contributed by atoms with van der Waals surface area (Å²) in [6.45, 7) is 2.45. The topological polar surface area (TPSA) is 49.3 Å². The highest BCUT2D eigenvalue weighted by atomic mass is 35.5. The van der Waals surface area contributed by atoms with E-state index in [0.717, 1.165) is 16.3 Å². The minimum atomic E-state index is -0.561. The lowest BCUT2D eigenvalue weighted by atomic mass is 10.0. The van der Waals surface area contributed by atoms with Crippen LogP contribution in [0.5, 0.6) is 0 Å². The van der Waals surface area contributed by atoms with Gasteiger partial charge in [-0.2, -0.15) is 0 Å². The van der Waals surface area contributed by atoms with E-state index >= 15 is 0 Å². The molecular formula is C20H17ClF2N4S2. The molecule has 1 unspecified atom stereocenters. The van der Waals surface area contributed by atoms with Crippen molar-refractivity contribution in [2.75, 3.05) is 11.9 Å². The molecule has 3 aromatic rings. The van der Waals surface area contributed by atoms with Crippen molar-refractivity contribution in [1.82, 2.24) is 9.71 Å². The Balaban J connectivity index is 1.74. The highest BCUT2D eigenvalue weighted by Gasteiger charge is 2.23. The Bertz CT molecular complexity index is 1110. The van der Waals surface area contributed by atoms with E-state index in [-0.39, 0.29) is 5.02 Å². The number of hydrogen-bond acceptors (Lipinski definition) is 3. The van der Waals surface area contributed by atoms with Crippen LogP contribution in [0.4, 0.5) is 14.5 Å². The van der Waals surface area contributed by atoms with Crippen LogP contribution < -0.4 is 10.0 Å². The molecule has 29 heavy (non-hydrogen) atoms. The third-order valence-electron chi connectivity index (χ3n) is 4.31. The van der Waals surface area contributed by atoms with Gasteiger partial charge in [0.1, 0.15) is 11.6 Å². The Morgan fingerprint density at radius 2 is 2.14 bits per heavy atom. The summed E-state index contributed by atoms with van der Waals surface area (Å²) in [5.74, 6) is -0.378. The SMILES string of the molecule is C/C=S1\NC(=NCCc2nccs2)Nc2c(-c3cccc(F)c3Cl)cc(F)cc21. The van der Waals surface area contributed by atoms with E-state index < -0.39 is 22.3 Å². The fourth-order valence-corrected chi connectivity index (χ4v) is 5.27. The second kappa shape index (κ2) is 8.61. The third-order valence-corrected chi connectivity index (χ3v) is 7.21. The molecule has 0 fully saturated rings. The Morgan fingerprint density at radius 3 is 2.90 bits per heavy atom. The van der Waals surface area contributed by atoms with Gasteiger partial charge in [0.2, 0.25) is 5.96 Å². The van der Waals surface area contributed by atoms with Crippen molar-refractivity contribution < 1.29 is 8.78 Å². The average Bonchev–Trinajstić information content (AvgIpc) is 3.23. The predicted octanol–water partition coefficient (Wildman–Crippen LogP) is 5.72. The molecule has 150 valence electrons. The van der Waals surface area contributed by atoms with Gasteiger partial charge in [0.25, 0.3) is 0 Å². The normalized spacial score (nSPS) is 17.1. The molecule has 0 aliphatic carbocycles. The van der Waals surface area contributed by atoms with Crippen LogP contribution in [-0.2, 0) is 6.42 Å². The Hall–Kier alpha value is -2.29. The molecule has 9 heteroatoms. The van der Waals surface area contributed by atoms with Crippen LogP contribution in [0, 0.1) is 11.6 Å². The highest BCUT2D eigenvalue weighted by molar-refractivity contribution is 8.14. The van der Waals surface area contributed by atoms with Crippen LogP contribution in [0.15, 0.2) is 51.8 Å². The number of aliphatic imine (C=N–C) groups is 1. The van der Waals surface area contributed by atoms with Crippen molar-refractivity contribution in [3.63, 3.8) is 0 Å². The van der Waals surface area contributed by atoms with E-state index in [9.17, 15) is 8.78 Å². The lowest BCUT2D eigenvalue weighted by molar-refractivity contribution is 0.624. The number of rotatable bonds is 4. The molecule has 0 bridgehead atoms. The van der Waals surface area contributed by atoms with E-state index in [1.165, 1.54) is 18.2 Å². The fourth-order valence-electron chi connectivity index (χ4n) is 3.01. The van der Waals surface area contributed by atoms with Gasteiger partial charge in [-0.1, -0.05) is 34.4 Å². The van der Waals surface area contributed by atoms with Gasteiger partial charge in [-0.25, -0.2) is 13.8 Å². The fraction of sp³-hybridized carbons (Fsp3) is 0.150. The quantitative estimate of drug-likeness (QED) is 0.500. The third kappa shape index (κ3) is 4.19. The molecule has 0 saturated heterocycles. The van der Waals surface area contributed by atoms with E-state index in [1.807, 2.05) is 17.7 Å². The molecule has 4 nitrogen and oxygen atoms in total.